The Morgan fingerprint density at radius 1 is 1.50 bits per heavy atom. The van der Waals surface area contributed by atoms with Gasteiger partial charge in [-0.25, -0.2) is 0 Å². The number of nitrogens with zero attached hydrogens (tertiary/aromatic N) is 1. The summed E-state index contributed by atoms with van der Waals surface area (Å²) in [5.74, 6) is 0. The number of halogens is 1. The molecule has 0 bridgehead atoms. The first-order valence-electron chi connectivity index (χ1n) is 2.66. The zero-order valence-electron chi connectivity index (χ0n) is 5.67. The molecule has 1 nitrogen and oxygen atoms in total. The second-order valence-electron chi connectivity index (χ2n) is 1.67. The van der Waals surface area contributed by atoms with Gasteiger partial charge in [-0.2, -0.15) is 0 Å². The molecule has 0 amide bonds. The molecule has 0 aliphatic rings. The van der Waals surface area contributed by atoms with Gasteiger partial charge in [-0.05, 0) is 0 Å². The molecular weight excluding hydrogens is 178 g/mol. The summed E-state index contributed by atoms with van der Waals surface area (Å²) in [6, 6.07) is 6.06. The molecule has 1 aromatic rings. The molecule has 0 unspecified atom stereocenters. The van der Waals surface area contributed by atoms with Gasteiger partial charge in [-0.15, -0.1) is 0 Å². The zero-order chi connectivity index (χ0) is 6.69. The van der Waals surface area contributed by atoms with Crippen molar-refractivity contribution in [2.45, 2.75) is 5.03 Å². The van der Waals surface area contributed by atoms with Gasteiger partial charge in [0.2, 0.25) is 0 Å². The molecule has 0 fully saturated rings. The van der Waals surface area contributed by atoms with E-state index in [1.165, 1.54) is 0 Å². The maximum Gasteiger partial charge on any atom is -1.00 e. The third kappa shape index (κ3) is 3.10. The van der Waals surface area contributed by atoms with E-state index in [0.29, 0.717) is 0 Å². The van der Waals surface area contributed by atoms with Crippen LogP contribution in [0.1, 0.15) is 0 Å². The van der Waals surface area contributed by atoms with Crippen molar-refractivity contribution in [3.8, 4) is 0 Å². The molecule has 50 valence electrons. The second-order valence-corrected chi connectivity index (χ2v) is 3.22. The summed E-state index contributed by atoms with van der Waals surface area (Å²) in [6.45, 7) is 0. The van der Waals surface area contributed by atoms with Crippen LogP contribution in [0, 0.1) is 0 Å². The van der Waals surface area contributed by atoms with Crippen molar-refractivity contribution in [3.63, 3.8) is 0 Å². The fraction of sp³-hybridized carbons (Fsp3) is 0.167. The van der Waals surface area contributed by atoms with Crippen LogP contribution in [-0.4, -0.2) is 32.9 Å². The molecule has 0 aliphatic heterocycles. The molecule has 10 heavy (non-hydrogen) atoms. The number of hydrogen-bond acceptors (Lipinski definition) is 2. The fourth-order valence-corrected chi connectivity index (χ4v) is 1.42. The van der Waals surface area contributed by atoms with Crippen LogP contribution in [0.15, 0.2) is 23.2 Å². The molecule has 1 rings (SSSR count). The fourth-order valence-electron chi connectivity index (χ4n) is 0.571. The summed E-state index contributed by atoms with van der Waals surface area (Å²) in [4.78, 5) is 4.27. The Morgan fingerprint density at radius 2 is 2.20 bits per heavy atom. The van der Waals surface area contributed by atoms with Gasteiger partial charge in [0, 0.05) is 0 Å². The minimum absolute atomic E-state index is 0. The molecule has 0 radical (unpaired) electrons. The molecule has 1 heterocycles. The van der Waals surface area contributed by atoms with Gasteiger partial charge in [-0.1, -0.05) is 0 Å². The van der Waals surface area contributed by atoms with Gasteiger partial charge < -0.3 is 12.4 Å². The van der Waals surface area contributed by atoms with E-state index in [0.717, 1.165) is 8.85 Å². The average Bonchev–Trinajstić information content (AvgIpc) is 1.88. The Hall–Kier alpha value is 0.556. The molecule has 0 atom stereocenters. The smallest absolute Gasteiger partial charge is 1.00 e. The zero-order valence-corrected chi connectivity index (χ0v) is 8.66. The summed E-state index contributed by atoms with van der Waals surface area (Å²) in [5, 5.41) is 1.10. The van der Waals surface area contributed by atoms with Crippen LogP contribution in [0.25, 0.3) is 0 Å². The van der Waals surface area contributed by atoms with Crippen molar-refractivity contribution < 1.29 is 12.4 Å². The van der Waals surface area contributed by atoms with E-state index >= 15 is 0 Å². The number of pyridine rings is 1. The standard InChI is InChI=1S/C6H6NS.ClH.Mg/c1-8-6-4-2-3-5-7-6;;/h2-4H,1H3;1H;/q;;+1/p-1. The van der Waals surface area contributed by atoms with E-state index < -0.39 is 0 Å². The first-order chi connectivity index (χ1) is 4.33. The van der Waals surface area contributed by atoms with Crippen LogP contribution in [0.4, 0.5) is 0 Å². The molecule has 0 N–H and O–H groups in total. The summed E-state index contributed by atoms with van der Waals surface area (Å²) >= 11 is 3.49. The summed E-state index contributed by atoms with van der Waals surface area (Å²) < 4.78 is 1.11. The third-order valence-corrected chi connectivity index (χ3v) is 2.03. The van der Waals surface area contributed by atoms with E-state index in [4.69, 9.17) is 0 Å². The SMILES string of the molecule is CSc1ccc[c]([Mg+])n1.[Cl-]. The molecule has 0 aromatic carbocycles. The van der Waals surface area contributed by atoms with E-state index in [1.807, 2.05) is 46.2 Å². The monoisotopic (exact) mass is 183 g/mol. The van der Waals surface area contributed by atoms with Crippen molar-refractivity contribution in [1.29, 1.82) is 0 Å². The van der Waals surface area contributed by atoms with Crippen molar-refractivity contribution in [1.82, 2.24) is 4.98 Å². The summed E-state index contributed by atoms with van der Waals surface area (Å²) in [7, 11) is 0. The van der Waals surface area contributed by atoms with Gasteiger partial charge in [0.15, 0.2) is 0 Å². The van der Waals surface area contributed by atoms with E-state index in [2.05, 4.69) is 4.98 Å². The van der Waals surface area contributed by atoms with Crippen LogP contribution >= 0.6 is 11.8 Å². The van der Waals surface area contributed by atoms with E-state index in [-0.39, 0.29) is 12.4 Å². The minimum Gasteiger partial charge on any atom is -1.00 e. The van der Waals surface area contributed by atoms with Crippen LogP contribution < -0.4 is 16.2 Å². The normalized spacial score (nSPS) is 8.70. The largest absolute Gasteiger partial charge is 1.00 e. The second kappa shape index (κ2) is 5.24. The molecular formula is C6H6ClMgNS. The summed E-state index contributed by atoms with van der Waals surface area (Å²) in [6.07, 6.45) is 2.03. The summed E-state index contributed by atoms with van der Waals surface area (Å²) in [5.41, 5.74) is 0. The quantitative estimate of drug-likeness (QED) is 0.356. The van der Waals surface area contributed by atoms with Gasteiger partial charge in [-0.3, -0.25) is 0 Å². The predicted molar refractivity (Wildman–Crippen MR) is 41.4 cm³/mol. The van der Waals surface area contributed by atoms with Crippen molar-refractivity contribution in [2.75, 3.05) is 6.26 Å². The van der Waals surface area contributed by atoms with Crippen molar-refractivity contribution in [2.24, 2.45) is 0 Å². The predicted octanol–water partition coefficient (Wildman–Crippen LogP) is -2.40. The van der Waals surface area contributed by atoms with Crippen molar-refractivity contribution >= 4 is 37.3 Å². The van der Waals surface area contributed by atoms with Crippen LogP contribution in [-0.2, 0) is 0 Å². The van der Waals surface area contributed by atoms with Gasteiger partial charge in [0.25, 0.3) is 0 Å². The number of hydrogen-bond donors (Lipinski definition) is 0. The third-order valence-electron chi connectivity index (χ3n) is 0.990. The van der Waals surface area contributed by atoms with Crippen molar-refractivity contribution in [3.05, 3.63) is 18.2 Å². The van der Waals surface area contributed by atoms with Gasteiger partial charge in [0.05, 0.1) is 0 Å². The van der Waals surface area contributed by atoms with Gasteiger partial charge >= 0.3 is 71.8 Å². The Labute approximate surface area is 83.8 Å². The van der Waals surface area contributed by atoms with Crippen LogP contribution in [0.3, 0.4) is 0 Å². The molecule has 1 aromatic heterocycles. The Balaban J connectivity index is 0.000000810. The first-order valence-corrected chi connectivity index (χ1v) is 4.59. The number of thioether (sulfide) groups is 1. The maximum atomic E-state index is 4.27. The molecule has 0 saturated heterocycles. The van der Waals surface area contributed by atoms with E-state index in [1.54, 1.807) is 11.8 Å². The molecule has 0 aliphatic carbocycles. The average molecular weight is 184 g/mol. The molecule has 4 heteroatoms. The van der Waals surface area contributed by atoms with Gasteiger partial charge in [0.1, 0.15) is 0 Å². The Morgan fingerprint density at radius 3 is 2.60 bits per heavy atom. The number of rotatable bonds is 1. The first kappa shape index (κ1) is 10.6. The number of aromatic nitrogens is 1. The molecule has 0 saturated carbocycles. The van der Waals surface area contributed by atoms with E-state index in [9.17, 15) is 0 Å². The maximum absolute atomic E-state index is 4.27. The Kier molecular flexibility index (Phi) is 5.53. The Bertz CT molecular complexity index is 207. The minimum atomic E-state index is 0. The van der Waals surface area contributed by atoms with Crippen LogP contribution in [0.2, 0.25) is 0 Å². The molecule has 0 spiro atoms. The van der Waals surface area contributed by atoms with Crippen LogP contribution in [0.5, 0.6) is 0 Å². The topological polar surface area (TPSA) is 12.9 Å².